The van der Waals surface area contributed by atoms with Gasteiger partial charge in [0.15, 0.2) is 24.6 Å². The number of aliphatic hydroxyl groups is 2. The summed E-state index contributed by atoms with van der Waals surface area (Å²) >= 11 is 0. The fraction of sp³-hybridized carbons (Fsp3) is 0.729. The molecule has 0 spiro atoms. The molecule has 1 fully saturated rings. The van der Waals surface area contributed by atoms with Crippen molar-refractivity contribution in [1.29, 1.82) is 0 Å². The molecule has 0 aliphatic carbocycles. The van der Waals surface area contributed by atoms with Gasteiger partial charge in [0, 0.05) is 19.3 Å². The van der Waals surface area contributed by atoms with Crippen molar-refractivity contribution >= 4 is 23.9 Å². The summed E-state index contributed by atoms with van der Waals surface area (Å²) in [4.78, 5) is 50.9. The largest absolute Gasteiger partial charge is 0.479 e. The summed E-state index contributed by atoms with van der Waals surface area (Å²) in [7, 11) is 0. The lowest BCUT2D eigenvalue weighted by molar-refractivity contribution is -0.301. The predicted octanol–water partition coefficient (Wildman–Crippen LogP) is 13.8. The zero-order valence-electron chi connectivity index (χ0n) is 44.4. The Labute approximate surface area is 429 Å². The van der Waals surface area contributed by atoms with Crippen LogP contribution in [0.15, 0.2) is 72.9 Å². The number of allylic oxidation sites excluding steroid dienone is 12. The maximum atomic E-state index is 13.1. The summed E-state index contributed by atoms with van der Waals surface area (Å²) in [5.74, 6) is -3.20. The number of unbranched alkanes of at least 4 members (excludes halogenated alkanes) is 20. The summed E-state index contributed by atoms with van der Waals surface area (Å²) < 4.78 is 28.3. The Morgan fingerprint density at radius 2 is 0.887 bits per heavy atom. The molecule has 1 aliphatic rings. The number of ether oxygens (including phenoxy) is 5. The quantitative estimate of drug-likeness (QED) is 0.0228. The lowest BCUT2D eigenvalue weighted by Crippen LogP contribution is -2.61. The first kappa shape index (κ1) is 65.2. The Morgan fingerprint density at radius 3 is 1.39 bits per heavy atom. The van der Waals surface area contributed by atoms with Crippen LogP contribution < -0.4 is 0 Å². The SMILES string of the molecule is CC/C=C\C/C=C\C/C=C\C/C=C\CCCCC(=O)OCC(COC1OC(C(=O)O)C(O)C(O)C1OC(=O)CCCCCCC/C=C\CCCCCC)OC(=O)CCCCCCC/C=C\CCCCCC. The van der Waals surface area contributed by atoms with E-state index >= 15 is 0 Å². The second kappa shape index (κ2) is 47.2. The molecule has 12 nitrogen and oxygen atoms in total. The van der Waals surface area contributed by atoms with Crippen LogP contribution in [0.2, 0.25) is 0 Å². The van der Waals surface area contributed by atoms with Crippen molar-refractivity contribution in [3.63, 3.8) is 0 Å². The van der Waals surface area contributed by atoms with Gasteiger partial charge < -0.3 is 39.0 Å². The predicted molar refractivity (Wildman–Crippen MR) is 285 cm³/mol. The number of hydrogen-bond acceptors (Lipinski definition) is 11. The smallest absolute Gasteiger partial charge is 0.335 e. The Bertz CT molecular complexity index is 1510. The number of carbonyl (C=O) groups is 4. The molecule has 3 N–H and O–H groups in total. The van der Waals surface area contributed by atoms with Crippen molar-refractivity contribution in [2.24, 2.45) is 0 Å². The molecule has 0 aromatic rings. The normalized spacial score (nSPS) is 19.0. The molecule has 12 heteroatoms. The third-order valence-corrected chi connectivity index (χ3v) is 12.2. The van der Waals surface area contributed by atoms with E-state index in [0.717, 1.165) is 116 Å². The molecule has 0 radical (unpaired) electrons. The monoisotopic (exact) mass is 999 g/mol. The highest BCUT2D eigenvalue weighted by Gasteiger charge is 2.50. The highest BCUT2D eigenvalue weighted by Crippen LogP contribution is 2.26. The van der Waals surface area contributed by atoms with E-state index in [1.54, 1.807) is 0 Å². The van der Waals surface area contributed by atoms with Crippen molar-refractivity contribution < 1.29 is 58.2 Å². The van der Waals surface area contributed by atoms with Crippen LogP contribution >= 0.6 is 0 Å². The number of hydrogen-bond donors (Lipinski definition) is 3. The van der Waals surface area contributed by atoms with Crippen LogP contribution in [0.4, 0.5) is 0 Å². The van der Waals surface area contributed by atoms with Crippen LogP contribution in [0.3, 0.4) is 0 Å². The van der Waals surface area contributed by atoms with Gasteiger partial charge in [-0.25, -0.2) is 4.79 Å². The van der Waals surface area contributed by atoms with Crippen molar-refractivity contribution in [3.8, 4) is 0 Å². The van der Waals surface area contributed by atoms with Crippen LogP contribution in [0.1, 0.15) is 226 Å². The van der Waals surface area contributed by atoms with Crippen LogP contribution in [0.25, 0.3) is 0 Å². The summed E-state index contributed by atoms with van der Waals surface area (Å²) in [6.45, 7) is 5.78. The Kier molecular flexibility index (Phi) is 43.3. The molecule has 1 heterocycles. The summed E-state index contributed by atoms with van der Waals surface area (Å²) in [6.07, 6.45) is 46.0. The Hall–Kier alpha value is -3.84. The molecule has 0 bridgehead atoms. The van der Waals surface area contributed by atoms with E-state index in [1.165, 1.54) is 51.4 Å². The fourth-order valence-corrected chi connectivity index (χ4v) is 7.93. The molecule has 0 saturated carbocycles. The van der Waals surface area contributed by atoms with Crippen LogP contribution in [-0.4, -0.2) is 89.2 Å². The third-order valence-electron chi connectivity index (χ3n) is 12.2. The van der Waals surface area contributed by atoms with Crippen molar-refractivity contribution in [2.45, 2.75) is 263 Å². The molecule has 0 aromatic heterocycles. The van der Waals surface area contributed by atoms with Crippen LogP contribution in [0.5, 0.6) is 0 Å². The van der Waals surface area contributed by atoms with Crippen LogP contribution in [-0.2, 0) is 42.9 Å². The molecular weight excluding hydrogens is 901 g/mol. The first-order chi connectivity index (χ1) is 34.6. The molecule has 71 heavy (non-hydrogen) atoms. The van der Waals surface area contributed by atoms with Crippen molar-refractivity contribution in [3.05, 3.63) is 72.9 Å². The van der Waals surface area contributed by atoms with Gasteiger partial charge in [-0.05, 0) is 109 Å². The van der Waals surface area contributed by atoms with E-state index in [4.69, 9.17) is 23.7 Å². The Balaban J connectivity index is 2.76. The van der Waals surface area contributed by atoms with Gasteiger partial charge in [0.25, 0.3) is 0 Å². The molecular formula is C59H98O12. The number of carbonyl (C=O) groups excluding carboxylic acids is 3. The maximum Gasteiger partial charge on any atom is 0.335 e. The van der Waals surface area contributed by atoms with E-state index < -0.39 is 67.3 Å². The van der Waals surface area contributed by atoms with Crippen molar-refractivity contribution in [2.75, 3.05) is 13.2 Å². The minimum atomic E-state index is -1.91. The van der Waals surface area contributed by atoms with E-state index in [2.05, 4.69) is 93.7 Å². The van der Waals surface area contributed by atoms with E-state index in [1.807, 2.05) is 0 Å². The molecule has 1 aliphatic heterocycles. The first-order valence-corrected chi connectivity index (χ1v) is 27.9. The molecule has 6 unspecified atom stereocenters. The topological polar surface area (TPSA) is 175 Å². The zero-order chi connectivity index (χ0) is 51.8. The second-order valence-corrected chi connectivity index (χ2v) is 18.8. The van der Waals surface area contributed by atoms with Crippen molar-refractivity contribution in [1.82, 2.24) is 0 Å². The van der Waals surface area contributed by atoms with Gasteiger partial charge in [-0.2, -0.15) is 0 Å². The molecule has 0 aromatic carbocycles. The molecule has 1 rings (SSSR count). The maximum absolute atomic E-state index is 13.1. The van der Waals surface area contributed by atoms with Gasteiger partial charge in [0.05, 0.1) is 6.61 Å². The molecule has 1 saturated heterocycles. The number of aliphatic carboxylic acids is 1. The first-order valence-electron chi connectivity index (χ1n) is 27.9. The lowest BCUT2D eigenvalue weighted by atomic mass is 9.98. The minimum absolute atomic E-state index is 0.0436. The molecule has 6 atom stereocenters. The average Bonchev–Trinajstić information content (AvgIpc) is 3.35. The lowest BCUT2D eigenvalue weighted by Gasteiger charge is -2.40. The van der Waals surface area contributed by atoms with E-state index in [-0.39, 0.29) is 25.9 Å². The fourth-order valence-electron chi connectivity index (χ4n) is 7.93. The summed E-state index contributed by atoms with van der Waals surface area (Å²) in [6, 6.07) is 0. The van der Waals surface area contributed by atoms with Gasteiger partial charge in [0.2, 0.25) is 0 Å². The minimum Gasteiger partial charge on any atom is -0.479 e. The highest BCUT2D eigenvalue weighted by molar-refractivity contribution is 5.74. The van der Waals surface area contributed by atoms with Gasteiger partial charge >= 0.3 is 23.9 Å². The van der Waals surface area contributed by atoms with E-state index in [0.29, 0.717) is 19.3 Å². The summed E-state index contributed by atoms with van der Waals surface area (Å²) in [5.41, 5.74) is 0. The molecule has 0 amide bonds. The van der Waals surface area contributed by atoms with E-state index in [9.17, 15) is 34.5 Å². The number of rotatable bonds is 46. The number of carboxylic acids is 1. The van der Waals surface area contributed by atoms with Gasteiger partial charge in [0.1, 0.15) is 18.8 Å². The van der Waals surface area contributed by atoms with Crippen LogP contribution in [0, 0.1) is 0 Å². The average molecular weight is 999 g/mol. The van der Waals surface area contributed by atoms with Gasteiger partial charge in [-0.3, -0.25) is 14.4 Å². The highest BCUT2D eigenvalue weighted by atomic mass is 16.7. The number of carboxylic acid groups (broad SMARTS) is 1. The zero-order valence-corrected chi connectivity index (χ0v) is 44.4. The standard InChI is InChI=1S/C59H98O12/c1-4-7-10-13-16-19-22-25-26-29-30-33-36-39-42-45-51(60)67-48-50(69-52(61)46-43-40-37-34-31-27-23-20-17-14-11-8-5-2)49-68-59-57(55(64)54(63)56(71-59)58(65)66)70-53(62)47-44-41-38-35-32-28-24-21-18-15-12-9-6-3/h7,10,16,19-21,23-26,30,33,50,54-57,59,63-64H,4-6,8-9,11-15,17-18,22,27-29,31-32,34-49H2,1-3H3,(H,65,66)/b10-7-,19-16-,23-20-,24-21-,26-25-,33-30-. The number of aliphatic hydroxyl groups excluding tert-OH is 2. The molecule has 406 valence electrons. The summed E-state index contributed by atoms with van der Waals surface area (Å²) in [5, 5.41) is 31.4. The van der Waals surface area contributed by atoms with Gasteiger partial charge in [-0.15, -0.1) is 0 Å². The third kappa shape index (κ3) is 37.6. The second-order valence-electron chi connectivity index (χ2n) is 18.8. The Morgan fingerprint density at radius 1 is 0.479 bits per heavy atom. The van der Waals surface area contributed by atoms with Gasteiger partial charge in [-0.1, -0.05) is 171 Å². The number of esters is 3.